The van der Waals surface area contributed by atoms with Gasteiger partial charge < -0.3 is 10.5 Å². The van der Waals surface area contributed by atoms with Crippen LogP contribution >= 0.6 is 12.4 Å². The van der Waals surface area contributed by atoms with Crippen LogP contribution < -0.4 is 0 Å². The molecule has 0 amide bonds. The SMILES string of the molecule is Cl.N=CCCO. The smallest absolute Gasteiger partial charge is 0.0480 e. The van der Waals surface area contributed by atoms with E-state index < -0.39 is 0 Å². The first-order valence-corrected chi connectivity index (χ1v) is 1.51. The van der Waals surface area contributed by atoms with Crippen molar-refractivity contribution in [3.8, 4) is 0 Å². The van der Waals surface area contributed by atoms with Crippen LogP contribution in [-0.2, 0) is 0 Å². The molecular weight excluding hydrogens is 101 g/mol. The van der Waals surface area contributed by atoms with E-state index in [2.05, 4.69) is 0 Å². The standard InChI is InChI=1S/C3H7NO.ClH/c4-2-1-3-5;/h2,4-5H,1,3H2;1H. The summed E-state index contributed by atoms with van der Waals surface area (Å²) in [7, 11) is 0. The maximum atomic E-state index is 7.92. The van der Waals surface area contributed by atoms with Crippen molar-refractivity contribution in [2.24, 2.45) is 0 Å². The van der Waals surface area contributed by atoms with Crippen molar-refractivity contribution >= 4 is 18.6 Å². The van der Waals surface area contributed by atoms with Crippen LogP contribution in [0.2, 0.25) is 0 Å². The van der Waals surface area contributed by atoms with Crippen LogP contribution in [0.25, 0.3) is 0 Å². The van der Waals surface area contributed by atoms with E-state index in [0.29, 0.717) is 6.42 Å². The van der Waals surface area contributed by atoms with E-state index in [1.54, 1.807) is 0 Å². The molecule has 0 aliphatic carbocycles. The van der Waals surface area contributed by atoms with Gasteiger partial charge in [-0.05, 0) is 6.21 Å². The molecule has 3 heteroatoms. The molecule has 0 heterocycles. The average Bonchev–Trinajstić information content (AvgIpc) is 1.41. The summed E-state index contributed by atoms with van der Waals surface area (Å²) in [5.41, 5.74) is 0. The number of hydrogen-bond acceptors (Lipinski definition) is 2. The molecular formula is C3H8ClNO. The van der Waals surface area contributed by atoms with Crippen molar-refractivity contribution in [1.82, 2.24) is 0 Å². The second kappa shape index (κ2) is 8.87. The zero-order valence-corrected chi connectivity index (χ0v) is 4.16. The van der Waals surface area contributed by atoms with Gasteiger partial charge >= 0.3 is 0 Å². The predicted octanol–water partition coefficient (Wildman–Crippen LogP) is 0.440. The molecule has 0 bridgehead atoms. The van der Waals surface area contributed by atoms with Gasteiger partial charge in [-0.3, -0.25) is 0 Å². The number of nitrogens with one attached hydrogen (secondary N) is 1. The Morgan fingerprint density at radius 3 is 2.17 bits per heavy atom. The molecule has 0 fully saturated rings. The third-order valence-electron chi connectivity index (χ3n) is 0.273. The van der Waals surface area contributed by atoms with Gasteiger partial charge in [-0.1, -0.05) is 0 Å². The van der Waals surface area contributed by atoms with Gasteiger partial charge in [-0.25, -0.2) is 0 Å². The van der Waals surface area contributed by atoms with Crippen LogP contribution in [-0.4, -0.2) is 17.9 Å². The Labute approximate surface area is 43.1 Å². The fourth-order valence-electron chi connectivity index (χ4n) is 0.0645. The van der Waals surface area contributed by atoms with E-state index in [9.17, 15) is 0 Å². The summed E-state index contributed by atoms with van der Waals surface area (Å²) < 4.78 is 0. The number of halogens is 1. The molecule has 0 aromatic carbocycles. The van der Waals surface area contributed by atoms with Crippen molar-refractivity contribution in [1.29, 1.82) is 5.41 Å². The number of aliphatic hydroxyl groups is 1. The molecule has 0 atom stereocenters. The highest BCUT2D eigenvalue weighted by Gasteiger charge is 1.64. The Morgan fingerprint density at radius 2 is 2.17 bits per heavy atom. The lowest BCUT2D eigenvalue weighted by Gasteiger charge is -1.72. The zero-order chi connectivity index (χ0) is 4.12. The molecule has 0 aromatic rings. The number of aliphatic hydroxyl groups excluding tert-OH is 1. The lowest BCUT2D eigenvalue weighted by Crippen LogP contribution is -1.78. The van der Waals surface area contributed by atoms with Crippen molar-refractivity contribution in [3.63, 3.8) is 0 Å². The second-order valence-corrected chi connectivity index (χ2v) is 0.716. The Balaban J connectivity index is 0. The zero-order valence-electron chi connectivity index (χ0n) is 3.35. The van der Waals surface area contributed by atoms with E-state index in [4.69, 9.17) is 10.5 Å². The molecule has 2 nitrogen and oxygen atoms in total. The number of hydrogen-bond donors (Lipinski definition) is 2. The average molecular weight is 110 g/mol. The lowest BCUT2D eigenvalue weighted by atomic mass is 10.5. The summed E-state index contributed by atoms with van der Waals surface area (Å²) in [6, 6.07) is 0. The molecule has 0 radical (unpaired) electrons. The molecule has 0 rings (SSSR count). The molecule has 38 valence electrons. The van der Waals surface area contributed by atoms with Gasteiger partial charge in [-0.15, -0.1) is 12.4 Å². The first kappa shape index (κ1) is 9.33. The van der Waals surface area contributed by atoms with Crippen LogP contribution in [0, 0.1) is 5.41 Å². The van der Waals surface area contributed by atoms with Crippen LogP contribution in [0.4, 0.5) is 0 Å². The van der Waals surface area contributed by atoms with Gasteiger partial charge in [0, 0.05) is 13.0 Å². The Kier molecular flexibility index (Phi) is 13.8. The maximum Gasteiger partial charge on any atom is 0.0480 e. The van der Waals surface area contributed by atoms with Crippen molar-refractivity contribution in [3.05, 3.63) is 0 Å². The lowest BCUT2D eigenvalue weighted by molar-refractivity contribution is 0.308. The summed E-state index contributed by atoms with van der Waals surface area (Å²) in [6.45, 7) is 0.101. The van der Waals surface area contributed by atoms with Crippen LogP contribution in [0.5, 0.6) is 0 Å². The van der Waals surface area contributed by atoms with E-state index in [-0.39, 0.29) is 19.0 Å². The summed E-state index contributed by atoms with van der Waals surface area (Å²) >= 11 is 0. The molecule has 0 aromatic heterocycles. The van der Waals surface area contributed by atoms with Gasteiger partial charge in [0.05, 0.1) is 0 Å². The highest BCUT2D eigenvalue weighted by atomic mass is 35.5. The highest BCUT2D eigenvalue weighted by Crippen LogP contribution is 1.59. The Hall–Kier alpha value is -0.0800. The van der Waals surface area contributed by atoms with E-state index in [0.717, 1.165) is 0 Å². The normalized spacial score (nSPS) is 6.17. The molecule has 0 aliphatic heterocycles. The Bertz CT molecular complexity index is 32.0. The topological polar surface area (TPSA) is 44.1 Å². The fraction of sp³-hybridized carbons (Fsp3) is 0.667. The molecule has 2 N–H and O–H groups in total. The van der Waals surface area contributed by atoms with Crippen LogP contribution in [0.3, 0.4) is 0 Å². The molecule has 6 heavy (non-hydrogen) atoms. The second-order valence-electron chi connectivity index (χ2n) is 0.716. The molecule has 0 saturated heterocycles. The van der Waals surface area contributed by atoms with Crippen molar-refractivity contribution < 1.29 is 5.11 Å². The molecule has 0 unspecified atom stereocenters. The third-order valence-corrected chi connectivity index (χ3v) is 0.273. The van der Waals surface area contributed by atoms with Crippen molar-refractivity contribution in [2.75, 3.05) is 6.61 Å². The first-order chi connectivity index (χ1) is 2.41. The van der Waals surface area contributed by atoms with E-state index in [1.807, 2.05) is 0 Å². The minimum Gasteiger partial charge on any atom is -0.396 e. The van der Waals surface area contributed by atoms with Crippen molar-refractivity contribution in [2.45, 2.75) is 6.42 Å². The third kappa shape index (κ3) is 9.07. The van der Waals surface area contributed by atoms with Gasteiger partial charge in [0.15, 0.2) is 0 Å². The number of rotatable bonds is 2. The predicted molar refractivity (Wildman–Crippen MR) is 27.7 cm³/mol. The highest BCUT2D eigenvalue weighted by molar-refractivity contribution is 5.85. The van der Waals surface area contributed by atoms with Crippen LogP contribution in [0.1, 0.15) is 6.42 Å². The molecule has 0 aliphatic rings. The van der Waals surface area contributed by atoms with Gasteiger partial charge in [0.2, 0.25) is 0 Å². The van der Waals surface area contributed by atoms with Crippen LogP contribution in [0.15, 0.2) is 0 Å². The first-order valence-electron chi connectivity index (χ1n) is 1.51. The largest absolute Gasteiger partial charge is 0.396 e. The fourth-order valence-corrected chi connectivity index (χ4v) is 0.0645. The van der Waals surface area contributed by atoms with E-state index >= 15 is 0 Å². The molecule has 0 saturated carbocycles. The minimum atomic E-state index is 0. The summed E-state index contributed by atoms with van der Waals surface area (Å²) in [5, 5.41) is 14.2. The monoisotopic (exact) mass is 109 g/mol. The maximum absolute atomic E-state index is 7.92. The van der Waals surface area contributed by atoms with E-state index in [1.165, 1.54) is 6.21 Å². The summed E-state index contributed by atoms with van der Waals surface area (Å²) in [4.78, 5) is 0. The molecule has 0 spiro atoms. The Morgan fingerprint density at radius 1 is 1.67 bits per heavy atom. The van der Waals surface area contributed by atoms with Gasteiger partial charge in [0.1, 0.15) is 0 Å². The summed E-state index contributed by atoms with van der Waals surface area (Å²) in [5.74, 6) is 0. The summed E-state index contributed by atoms with van der Waals surface area (Å²) in [6.07, 6.45) is 1.67. The van der Waals surface area contributed by atoms with Gasteiger partial charge in [0.25, 0.3) is 0 Å². The van der Waals surface area contributed by atoms with Gasteiger partial charge in [-0.2, -0.15) is 0 Å². The quantitative estimate of drug-likeness (QED) is 0.497. The minimum absolute atomic E-state index is 0.